The van der Waals surface area contributed by atoms with Crippen molar-refractivity contribution in [3.05, 3.63) is 64.4 Å². The second kappa shape index (κ2) is 7.31. The summed E-state index contributed by atoms with van der Waals surface area (Å²) in [5.41, 5.74) is 2.28. The molecule has 1 N–H and O–H groups in total. The zero-order chi connectivity index (χ0) is 18.8. The minimum atomic E-state index is 0.543. The maximum absolute atomic E-state index is 9.02. The van der Waals surface area contributed by atoms with E-state index in [4.69, 9.17) is 10.00 Å². The number of benzene rings is 1. The number of fused-ring (bicyclic) bond motifs is 1. The van der Waals surface area contributed by atoms with Gasteiger partial charge in [-0.1, -0.05) is 11.3 Å². The third-order valence-electron chi connectivity index (χ3n) is 3.74. The van der Waals surface area contributed by atoms with Crippen LogP contribution in [0.15, 0.2) is 53.3 Å². The van der Waals surface area contributed by atoms with Crippen LogP contribution in [0.2, 0.25) is 0 Å². The standard InChI is InChI=1S/C19H12BrN5OS/c1-11-7-12(9-21)4-5-15(11)26-16-8-13(20)10-23-17(16)25-19-24-14-3-2-6-22-18(14)27-19/h2-8,10H,1H3,(H,23,24,25). The van der Waals surface area contributed by atoms with Gasteiger partial charge in [-0.3, -0.25) is 0 Å². The third-order valence-corrected chi connectivity index (χ3v) is 5.06. The van der Waals surface area contributed by atoms with Crippen molar-refractivity contribution in [3.8, 4) is 17.6 Å². The third kappa shape index (κ3) is 3.74. The lowest BCUT2D eigenvalue weighted by molar-refractivity contribution is 0.478. The molecule has 1 aromatic carbocycles. The highest BCUT2D eigenvalue weighted by atomic mass is 79.9. The molecule has 3 aromatic heterocycles. The molecule has 0 bridgehead atoms. The van der Waals surface area contributed by atoms with E-state index in [9.17, 15) is 0 Å². The van der Waals surface area contributed by atoms with E-state index in [1.54, 1.807) is 30.6 Å². The van der Waals surface area contributed by atoms with Crippen LogP contribution in [-0.4, -0.2) is 15.0 Å². The lowest BCUT2D eigenvalue weighted by Crippen LogP contribution is -1.98. The van der Waals surface area contributed by atoms with Gasteiger partial charge in [0.1, 0.15) is 16.1 Å². The van der Waals surface area contributed by atoms with E-state index in [1.807, 2.05) is 25.1 Å². The first-order valence-electron chi connectivity index (χ1n) is 7.95. The number of aryl methyl sites for hydroxylation is 1. The highest BCUT2D eigenvalue weighted by molar-refractivity contribution is 9.10. The predicted molar refractivity (Wildman–Crippen MR) is 109 cm³/mol. The number of halogens is 1. The van der Waals surface area contributed by atoms with Gasteiger partial charge in [0.2, 0.25) is 0 Å². The van der Waals surface area contributed by atoms with Crippen LogP contribution in [0.3, 0.4) is 0 Å². The summed E-state index contributed by atoms with van der Waals surface area (Å²) in [5, 5.41) is 12.9. The number of thiazole rings is 1. The zero-order valence-corrected chi connectivity index (χ0v) is 16.5. The Morgan fingerprint density at radius 3 is 2.85 bits per heavy atom. The zero-order valence-electron chi connectivity index (χ0n) is 14.1. The Balaban J connectivity index is 1.67. The van der Waals surface area contributed by atoms with Gasteiger partial charge in [-0.05, 0) is 58.7 Å². The highest BCUT2D eigenvalue weighted by Crippen LogP contribution is 2.35. The summed E-state index contributed by atoms with van der Waals surface area (Å²) in [7, 11) is 0. The fourth-order valence-corrected chi connectivity index (χ4v) is 3.59. The molecule has 0 atom stereocenters. The number of rotatable bonds is 4. The average molecular weight is 438 g/mol. The van der Waals surface area contributed by atoms with Crippen molar-refractivity contribution in [1.82, 2.24) is 15.0 Å². The topological polar surface area (TPSA) is 83.7 Å². The largest absolute Gasteiger partial charge is 0.453 e. The van der Waals surface area contributed by atoms with Crippen molar-refractivity contribution >= 4 is 48.6 Å². The molecule has 0 fully saturated rings. The fourth-order valence-electron chi connectivity index (χ4n) is 2.47. The maximum atomic E-state index is 9.02. The molecule has 4 rings (SSSR count). The van der Waals surface area contributed by atoms with Crippen molar-refractivity contribution in [2.45, 2.75) is 6.92 Å². The first-order valence-corrected chi connectivity index (χ1v) is 9.56. The lowest BCUT2D eigenvalue weighted by Gasteiger charge is -2.13. The second-order valence-electron chi connectivity index (χ2n) is 5.67. The molecule has 0 saturated heterocycles. The molecule has 0 spiro atoms. The Morgan fingerprint density at radius 2 is 2.07 bits per heavy atom. The van der Waals surface area contributed by atoms with Crippen LogP contribution in [0.5, 0.6) is 11.5 Å². The average Bonchev–Trinajstić information content (AvgIpc) is 3.08. The lowest BCUT2D eigenvalue weighted by atomic mass is 10.1. The van der Waals surface area contributed by atoms with Gasteiger partial charge in [0.05, 0.1) is 11.6 Å². The van der Waals surface area contributed by atoms with E-state index in [-0.39, 0.29) is 0 Å². The van der Waals surface area contributed by atoms with Crippen LogP contribution >= 0.6 is 27.3 Å². The number of ether oxygens (including phenoxy) is 1. The predicted octanol–water partition coefficient (Wildman–Crippen LogP) is 5.56. The minimum absolute atomic E-state index is 0.543. The number of nitrogens with one attached hydrogen (secondary N) is 1. The van der Waals surface area contributed by atoms with E-state index in [2.05, 4.69) is 42.3 Å². The van der Waals surface area contributed by atoms with Crippen LogP contribution < -0.4 is 10.1 Å². The van der Waals surface area contributed by atoms with E-state index in [1.165, 1.54) is 11.3 Å². The van der Waals surface area contributed by atoms with Gasteiger partial charge in [-0.15, -0.1) is 0 Å². The number of hydrogen-bond donors (Lipinski definition) is 1. The molecule has 6 nitrogen and oxygen atoms in total. The number of anilines is 2. The maximum Gasteiger partial charge on any atom is 0.191 e. The van der Waals surface area contributed by atoms with Crippen molar-refractivity contribution in [2.24, 2.45) is 0 Å². The Bertz CT molecular complexity index is 1150. The summed E-state index contributed by atoms with van der Waals surface area (Å²) < 4.78 is 6.86. The summed E-state index contributed by atoms with van der Waals surface area (Å²) in [4.78, 5) is 14.1. The molecule has 4 aromatic rings. The highest BCUT2D eigenvalue weighted by Gasteiger charge is 2.13. The van der Waals surface area contributed by atoms with E-state index < -0.39 is 0 Å². The smallest absolute Gasteiger partial charge is 0.191 e. The summed E-state index contributed by atoms with van der Waals surface area (Å²) >= 11 is 4.87. The van der Waals surface area contributed by atoms with E-state index in [0.717, 1.165) is 20.4 Å². The van der Waals surface area contributed by atoms with Gasteiger partial charge >= 0.3 is 0 Å². The molecule has 0 aliphatic heterocycles. The van der Waals surface area contributed by atoms with Crippen molar-refractivity contribution in [2.75, 3.05) is 5.32 Å². The number of hydrogen-bond acceptors (Lipinski definition) is 7. The fraction of sp³-hybridized carbons (Fsp3) is 0.0526. The van der Waals surface area contributed by atoms with Crippen molar-refractivity contribution in [3.63, 3.8) is 0 Å². The SMILES string of the molecule is Cc1cc(C#N)ccc1Oc1cc(Br)cnc1Nc1nc2cccnc2s1. The molecule has 3 heterocycles. The van der Waals surface area contributed by atoms with Crippen LogP contribution in [0.25, 0.3) is 10.3 Å². The number of aromatic nitrogens is 3. The molecule has 0 radical (unpaired) electrons. The molecule has 8 heteroatoms. The van der Waals surface area contributed by atoms with E-state index >= 15 is 0 Å². The Hall–Kier alpha value is -3.02. The molecule has 132 valence electrons. The Morgan fingerprint density at radius 1 is 1.19 bits per heavy atom. The van der Waals surface area contributed by atoms with Gasteiger partial charge in [0.25, 0.3) is 0 Å². The Labute approximate surface area is 167 Å². The molecule has 0 unspecified atom stereocenters. The van der Waals surface area contributed by atoms with Crippen molar-refractivity contribution in [1.29, 1.82) is 5.26 Å². The molecule has 0 aliphatic rings. The molecule has 0 saturated carbocycles. The number of nitrogens with zero attached hydrogens (tertiary/aromatic N) is 4. The van der Waals surface area contributed by atoms with E-state index in [0.29, 0.717) is 28.0 Å². The van der Waals surface area contributed by atoms with Gasteiger partial charge in [-0.2, -0.15) is 5.26 Å². The molecular weight excluding hydrogens is 426 g/mol. The van der Waals surface area contributed by atoms with Crippen LogP contribution in [-0.2, 0) is 0 Å². The van der Waals surface area contributed by atoms with Crippen LogP contribution in [0.1, 0.15) is 11.1 Å². The van der Waals surface area contributed by atoms with Crippen LogP contribution in [0, 0.1) is 18.3 Å². The van der Waals surface area contributed by atoms with Crippen LogP contribution in [0.4, 0.5) is 10.9 Å². The minimum Gasteiger partial charge on any atom is -0.453 e. The Kier molecular flexibility index (Phi) is 4.71. The molecule has 0 aliphatic carbocycles. The monoisotopic (exact) mass is 437 g/mol. The summed E-state index contributed by atoms with van der Waals surface area (Å²) in [6, 6.07) is 13.0. The summed E-state index contributed by atoms with van der Waals surface area (Å²) in [6.07, 6.45) is 3.43. The van der Waals surface area contributed by atoms with Gasteiger partial charge in [0, 0.05) is 22.9 Å². The first kappa shape index (κ1) is 17.4. The molecular formula is C19H12BrN5OS. The van der Waals surface area contributed by atoms with Gasteiger partial charge in [0.15, 0.2) is 16.7 Å². The summed E-state index contributed by atoms with van der Waals surface area (Å²) in [6.45, 7) is 1.90. The van der Waals surface area contributed by atoms with Gasteiger partial charge in [-0.25, -0.2) is 15.0 Å². The molecule has 0 amide bonds. The number of nitriles is 1. The quantitative estimate of drug-likeness (QED) is 0.449. The number of pyridine rings is 2. The second-order valence-corrected chi connectivity index (χ2v) is 7.56. The first-order chi connectivity index (χ1) is 13.1. The molecule has 27 heavy (non-hydrogen) atoms. The van der Waals surface area contributed by atoms with Gasteiger partial charge < -0.3 is 10.1 Å². The normalized spacial score (nSPS) is 10.6. The summed E-state index contributed by atoms with van der Waals surface area (Å²) in [5.74, 6) is 1.74. The van der Waals surface area contributed by atoms with Crippen molar-refractivity contribution < 1.29 is 4.74 Å².